The zero-order chi connectivity index (χ0) is 18.1. The van der Waals surface area contributed by atoms with Crippen LogP contribution in [0.5, 0.6) is 0 Å². The van der Waals surface area contributed by atoms with Gasteiger partial charge in [-0.3, -0.25) is 4.98 Å². The van der Waals surface area contributed by atoms with E-state index in [9.17, 15) is 0 Å². The molecule has 0 saturated heterocycles. The third kappa shape index (κ3) is 5.06. The molecule has 0 radical (unpaired) electrons. The summed E-state index contributed by atoms with van der Waals surface area (Å²) in [5.74, 6) is 4.96. The second kappa shape index (κ2) is 9.77. The van der Waals surface area contributed by atoms with Gasteiger partial charge in [0.1, 0.15) is 0 Å². The van der Waals surface area contributed by atoms with Crippen molar-refractivity contribution in [2.24, 2.45) is 0 Å². The third-order valence-corrected chi connectivity index (χ3v) is 17.3. The minimum absolute atomic E-state index is 0.738. The molecule has 0 bridgehead atoms. The van der Waals surface area contributed by atoms with E-state index in [-0.39, 0.29) is 0 Å². The Kier molecular flexibility index (Phi) is 7.39. The molecule has 142 valence electrons. The molecule has 4 aliphatic heterocycles. The molecule has 0 amide bonds. The lowest BCUT2D eigenvalue weighted by molar-refractivity contribution is 0.931. The highest BCUT2D eigenvalue weighted by Crippen LogP contribution is 2.68. The van der Waals surface area contributed by atoms with Crippen LogP contribution in [-0.2, 0) is 0 Å². The zero-order valence-electron chi connectivity index (χ0n) is 14.0. The largest absolute Gasteiger partial charge is 0.265 e. The van der Waals surface area contributed by atoms with E-state index in [4.69, 9.17) is 0 Å². The maximum Gasteiger partial charge on any atom is 0.0717 e. The van der Waals surface area contributed by atoms with Crippen LogP contribution < -0.4 is 0 Å². The predicted molar refractivity (Wildman–Crippen MR) is 140 cm³/mol. The van der Waals surface area contributed by atoms with Gasteiger partial charge in [0.25, 0.3) is 0 Å². The second-order valence-electron chi connectivity index (χ2n) is 5.70. The van der Waals surface area contributed by atoms with Gasteiger partial charge in [-0.2, -0.15) is 0 Å². The Hall–Kier alpha value is 1.52. The van der Waals surface area contributed by atoms with Crippen LogP contribution in [0.4, 0.5) is 0 Å². The van der Waals surface area contributed by atoms with Crippen LogP contribution >= 0.6 is 106 Å². The summed E-state index contributed by atoms with van der Waals surface area (Å²) in [6.45, 7) is 0. The molecule has 0 aliphatic carbocycles. The fourth-order valence-electron chi connectivity index (χ4n) is 2.56. The van der Waals surface area contributed by atoms with Gasteiger partial charge in [-0.25, -0.2) is 0 Å². The fourth-order valence-corrected chi connectivity index (χ4v) is 16.3. The van der Waals surface area contributed by atoms with Crippen LogP contribution in [-0.4, -0.2) is 33.2 Å². The summed E-state index contributed by atoms with van der Waals surface area (Å²) in [4.78, 5) is 5.43. The molecule has 0 saturated carbocycles. The van der Waals surface area contributed by atoms with Crippen LogP contribution in [0, 0.1) is 0 Å². The molecule has 0 spiro atoms. The highest BCUT2D eigenvalue weighted by Gasteiger charge is 2.34. The summed E-state index contributed by atoms with van der Waals surface area (Å²) < 4.78 is 9.27. The van der Waals surface area contributed by atoms with Crippen molar-refractivity contribution in [1.82, 2.24) is 4.98 Å². The summed E-state index contributed by atoms with van der Waals surface area (Å²) in [7, 11) is 0. The number of nitrogens with zero attached hydrogens (tertiary/aromatic N) is 1. The normalized spacial score (nSPS) is 25.3. The van der Waals surface area contributed by atoms with Crippen LogP contribution in [0.1, 0.15) is 6.42 Å². The first kappa shape index (κ1) is 20.4. The van der Waals surface area contributed by atoms with Gasteiger partial charge in [-0.15, -0.1) is 58.8 Å². The molecule has 1 aromatic rings. The van der Waals surface area contributed by atoms with E-state index in [1.165, 1.54) is 42.8 Å². The van der Waals surface area contributed by atoms with Crippen LogP contribution in [0.3, 0.4) is 0 Å². The van der Waals surface area contributed by atoms with Crippen LogP contribution in [0.2, 0.25) is 0 Å². The topological polar surface area (TPSA) is 12.9 Å². The third-order valence-electron chi connectivity index (χ3n) is 3.82. The van der Waals surface area contributed by atoms with E-state index in [2.05, 4.69) is 40.6 Å². The van der Waals surface area contributed by atoms with Crippen molar-refractivity contribution in [1.29, 1.82) is 0 Å². The van der Waals surface area contributed by atoms with Crippen molar-refractivity contribution in [2.45, 2.75) is 16.6 Å². The SMILES string of the molecule is c1cc(SCCC2CSC3=C(SC(=C4SC5=C(SCCS5)S4)S3)S2)ccn1. The zero-order valence-corrected chi connectivity index (χ0v) is 21.4. The number of hydrogen-bond donors (Lipinski definition) is 0. The molecule has 0 N–H and O–H groups in total. The van der Waals surface area contributed by atoms with Crippen molar-refractivity contribution in [2.75, 3.05) is 23.0 Å². The molecule has 5 rings (SSSR count). The molecule has 5 heterocycles. The lowest BCUT2D eigenvalue weighted by Crippen LogP contribution is -2.10. The average molecular weight is 522 g/mol. The number of thioether (sulfide) groups is 9. The minimum Gasteiger partial charge on any atom is -0.265 e. The number of hydrogen-bond acceptors (Lipinski definition) is 10. The summed E-state index contributed by atoms with van der Waals surface area (Å²) in [6.07, 6.45) is 5.04. The van der Waals surface area contributed by atoms with Crippen molar-refractivity contribution >= 4 is 106 Å². The molecule has 1 nitrogen and oxygen atoms in total. The van der Waals surface area contributed by atoms with Crippen molar-refractivity contribution < 1.29 is 0 Å². The van der Waals surface area contributed by atoms with Crippen LogP contribution in [0.25, 0.3) is 0 Å². The fraction of sp³-hybridized carbons (Fsp3) is 0.353. The molecule has 10 heteroatoms. The first-order valence-electron chi connectivity index (χ1n) is 8.37. The summed E-state index contributed by atoms with van der Waals surface area (Å²) in [6, 6.07) is 4.22. The van der Waals surface area contributed by atoms with E-state index in [1.807, 2.05) is 94.7 Å². The van der Waals surface area contributed by atoms with Gasteiger partial charge >= 0.3 is 0 Å². The van der Waals surface area contributed by atoms with Crippen molar-refractivity contribution in [3.8, 4) is 0 Å². The number of pyridine rings is 1. The molecule has 1 atom stereocenters. The maximum absolute atomic E-state index is 4.10. The molecule has 0 aromatic carbocycles. The standard InChI is InChI=1S/C17H15NS9/c1-4-18-5-2-10(1)19-6-3-11-9-22-14-15(23-11)27-17(26-14)16-24-12-13(25-16)21-8-7-20-12/h1-2,4-5,11H,3,6-9H2. The van der Waals surface area contributed by atoms with E-state index in [0.29, 0.717) is 0 Å². The van der Waals surface area contributed by atoms with Gasteiger partial charge in [-0.1, -0.05) is 47.0 Å². The molecule has 4 aliphatic rings. The highest BCUT2D eigenvalue weighted by molar-refractivity contribution is 8.45. The van der Waals surface area contributed by atoms with E-state index < -0.39 is 0 Å². The van der Waals surface area contributed by atoms with E-state index in [0.717, 1.165) is 5.25 Å². The Morgan fingerprint density at radius 3 is 2.15 bits per heavy atom. The Morgan fingerprint density at radius 1 is 0.815 bits per heavy atom. The van der Waals surface area contributed by atoms with Crippen molar-refractivity contribution in [3.63, 3.8) is 0 Å². The molecule has 27 heavy (non-hydrogen) atoms. The van der Waals surface area contributed by atoms with Gasteiger partial charge in [-0.05, 0) is 24.3 Å². The molecule has 1 aromatic heterocycles. The Morgan fingerprint density at radius 2 is 1.44 bits per heavy atom. The van der Waals surface area contributed by atoms with Gasteiger partial charge in [0, 0.05) is 39.8 Å². The molecular formula is C17H15NS9. The molecular weight excluding hydrogens is 507 g/mol. The second-order valence-corrected chi connectivity index (χ2v) is 17.1. The Labute approximate surface area is 198 Å². The summed E-state index contributed by atoms with van der Waals surface area (Å²) in [5, 5.41) is 0.738. The monoisotopic (exact) mass is 521 g/mol. The first-order valence-corrected chi connectivity index (χ1v) is 16.5. The highest BCUT2D eigenvalue weighted by atomic mass is 32.3. The summed E-state index contributed by atoms with van der Waals surface area (Å²) in [5.41, 5.74) is 0. The van der Waals surface area contributed by atoms with Crippen LogP contribution in [0.15, 0.2) is 54.8 Å². The lowest BCUT2D eigenvalue weighted by atomic mass is 10.4. The predicted octanol–water partition coefficient (Wildman–Crippen LogP) is 8.23. The molecule has 1 unspecified atom stereocenters. The van der Waals surface area contributed by atoms with E-state index >= 15 is 0 Å². The lowest BCUT2D eigenvalue weighted by Gasteiger charge is -2.21. The Bertz CT molecular complexity index is 797. The first-order chi connectivity index (χ1) is 13.3. The number of rotatable bonds is 4. The quantitative estimate of drug-likeness (QED) is 0.358. The average Bonchev–Trinajstić information content (AvgIpc) is 3.32. The minimum atomic E-state index is 0.738. The van der Waals surface area contributed by atoms with Gasteiger partial charge in [0.2, 0.25) is 0 Å². The summed E-state index contributed by atoms with van der Waals surface area (Å²) >= 11 is 18.4. The van der Waals surface area contributed by atoms with Gasteiger partial charge in [0.15, 0.2) is 0 Å². The maximum atomic E-state index is 4.10. The number of aromatic nitrogens is 1. The van der Waals surface area contributed by atoms with Gasteiger partial charge in [0.05, 0.1) is 25.4 Å². The Balaban J connectivity index is 1.15. The molecule has 0 fully saturated rings. The van der Waals surface area contributed by atoms with Gasteiger partial charge < -0.3 is 0 Å². The van der Waals surface area contributed by atoms with Crippen molar-refractivity contribution in [3.05, 3.63) is 49.9 Å². The smallest absolute Gasteiger partial charge is 0.0717 e. The van der Waals surface area contributed by atoms with E-state index in [1.54, 1.807) is 16.9 Å².